The Morgan fingerprint density at radius 1 is 0.955 bits per heavy atom. The molecule has 1 aromatic heterocycles. The fraction of sp³-hybridized carbons (Fsp3) is 0.0556. The number of hydrogen-bond acceptors (Lipinski definition) is 2. The first-order valence-corrected chi connectivity index (χ1v) is 7.26. The summed E-state index contributed by atoms with van der Waals surface area (Å²) in [6, 6.07) is 19.8. The summed E-state index contributed by atoms with van der Waals surface area (Å²) in [6.45, 7) is 0. The van der Waals surface area contributed by atoms with Crippen LogP contribution in [0.2, 0.25) is 5.02 Å². The maximum atomic E-state index is 12.4. The van der Waals surface area contributed by atoms with Gasteiger partial charge in [0.15, 0.2) is 0 Å². The Bertz CT molecular complexity index is 737. The number of carbonyl (C=O) groups is 1. The smallest absolute Gasteiger partial charge is 0.252 e. The van der Waals surface area contributed by atoms with Gasteiger partial charge >= 0.3 is 0 Å². The molecule has 0 fully saturated rings. The molecule has 0 bridgehead atoms. The Labute approximate surface area is 133 Å². The van der Waals surface area contributed by atoms with E-state index in [1.807, 2.05) is 36.4 Å². The number of carbonyl (C=O) groups excluding carboxylic acids is 1. The van der Waals surface area contributed by atoms with Crippen LogP contribution in [0, 0.1) is 0 Å². The zero-order valence-electron chi connectivity index (χ0n) is 11.7. The largest absolute Gasteiger partial charge is 0.467 e. The molecule has 0 aliphatic carbocycles. The summed E-state index contributed by atoms with van der Waals surface area (Å²) in [6.07, 6.45) is 1.60. The zero-order valence-corrected chi connectivity index (χ0v) is 12.5. The van der Waals surface area contributed by atoms with Crippen molar-refractivity contribution in [3.63, 3.8) is 0 Å². The van der Waals surface area contributed by atoms with Crippen LogP contribution >= 0.6 is 11.6 Å². The number of furan rings is 1. The maximum absolute atomic E-state index is 12.4. The molecule has 2 aromatic carbocycles. The van der Waals surface area contributed by atoms with Crippen LogP contribution in [0.3, 0.4) is 0 Å². The molecular formula is C18H14ClNO2. The van der Waals surface area contributed by atoms with E-state index in [1.165, 1.54) is 0 Å². The molecule has 4 heteroatoms. The van der Waals surface area contributed by atoms with Crippen LogP contribution in [0.15, 0.2) is 77.4 Å². The first kappa shape index (κ1) is 14.4. The van der Waals surface area contributed by atoms with Gasteiger partial charge in [-0.25, -0.2) is 0 Å². The third-order valence-corrected chi connectivity index (χ3v) is 3.59. The van der Waals surface area contributed by atoms with Crippen molar-refractivity contribution in [1.29, 1.82) is 0 Å². The summed E-state index contributed by atoms with van der Waals surface area (Å²) in [5.74, 6) is 0.510. The molecule has 0 saturated carbocycles. The van der Waals surface area contributed by atoms with E-state index in [4.69, 9.17) is 16.0 Å². The summed E-state index contributed by atoms with van der Waals surface area (Å²) in [7, 11) is 0. The van der Waals surface area contributed by atoms with Crippen LogP contribution in [-0.2, 0) is 0 Å². The Morgan fingerprint density at radius 2 is 1.68 bits per heavy atom. The molecule has 0 aliphatic heterocycles. The maximum Gasteiger partial charge on any atom is 0.252 e. The summed E-state index contributed by atoms with van der Waals surface area (Å²) < 4.78 is 5.47. The van der Waals surface area contributed by atoms with Crippen LogP contribution in [-0.4, -0.2) is 5.91 Å². The lowest BCUT2D eigenvalue weighted by molar-refractivity contribution is 0.0939. The third-order valence-electron chi connectivity index (χ3n) is 3.34. The second kappa shape index (κ2) is 6.50. The fourth-order valence-corrected chi connectivity index (χ4v) is 2.36. The fourth-order valence-electron chi connectivity index (χ4n) is 2.24. The van der Waals surface area contributed by atoms with Gasteiger partial charge in [-0.1, -0.05) is 41.9 Å². The van der Waals surface area contributed by atoms with E-state index in [1.54, 1.807) is 36.6 Å². The van der Waals surface area contributed by atoms with Gasteiger partial charge in [-0.3, -0.25) is 4.79 Å². The molecule has 0 spiro atoms. The van der Waals surface area contributed by atoms with Gasteiger partial charge in [0.1, 0.15) is 11.8 Å². The van der Waals surface area contributed by atoms with E-state index in [0.717, 1.165) is 5.56 Å². The first-order valence-electron chi connectivity index (χ1n) is 6.89. The predicted molar refractivity (Wildman–Crippen MR) is 85.9 cm³/mol. The van der Waals surface area contributed by atoms with E-state index in [9.17, 15) is 4.79 Å². The highest BCUT2D eigenvalue weighted by Gasteiger charge is 2.19. The monoisotopic (exact) mass is 311 g/mol. The van der Waals surface area contributed by atoms with Crippen molar-refractivity contribution < 1.29 is 9.21 Å². The highest BCUT2D eigenvalue weighted by molar-refractivity contribution is 6.30. The Hall–Kier alpha value is -2.52. The third kappa shape index (κ3) is 3.21. The number of halogens is 1. The number of amides is 1. The summed E-state index contributed by atoms with van der Waals surface area (Å²) in [5, 5.41) is 3.59. The molecule has 3 nitrogen and oxygen atoms in total. The van der Waals surface area contributed by atoms with Crippen LogP contribution in [0.5, 0.6) is 0 Å². The number of nitrogens with one attached hydrogen (secondary N) is 1. The van der Waals surface area contributed by atoms with E-state index in [2.05, 4.69) is 5.32 Å². The number of rotatable bonds is 4. The van der Waals surface area contributed by atoms with E-state index in [-0.39, 0.29) is 11.9 Å². The van der Waals surface area contributed by atoms with Gasteiger partial charge in [0, 0.05) is 10.6 Å². The molecule has 0 radical (unpaired) electrons. The van der Waals surface area contributed by atoms with Crippen molar-refractivity contribution in [3.05, 3.63) is 94.9 Å². The van der Waals surface area contributed by atoms with Crippen molar-refractivity contribution in [2.75, 3.05) is 0 Å². The lowest BCUT2D eigenvalue weighted by Gasteiger charge is -2.17. The first-order chi connectivity index (χ1) is 10.7. The van der Waals surface area contributed by atoms with Crippen molar-refractivity contribution in [1.82, 2.24) is 5.32 Å². The van der Waals surface area contributed by atoms with Gasteiger partial charge in [0.2, 0.25) is 0 Å². The quantitative estimate of drug-likeness (QED) is 0.773. The molecule has 22 heavy (non-hydrogen) atoms. The molecule has 1 heterocycles. The average molecular weight is 312 g/mol. The molecular weight excluding hydrogens is 298 g/mol. The standard InChI is InChI=1S/C18H14ClNO2/c19-15-10-8-14(9-11-15)18(21)20-17(16-7-4-12-22-16)13-5-2-1-3-6-13/h1-12,17H,(H,20,21)/t17-/m0/s1. The minimum Gasteiger partial charge on any atom is -0.467 e. The summed E-state index contributed by atoms with van der Waals surface area (Å²) in [4.78, 5) is 12.4. The second-order valence-electron chi connectivity index (χ2n) is 4.84. The SMILES string of the molecule is O=C(N[C@@H](c1ccccc1)c1ccco1)c1ccc(Cl)cc1. The Balaban J connectivity index is 1.87. The van der Waals surface area contributed by atoms with Gasteiger partial charge in [-0.05, 0) is 42.0 Å². The van der Waals surface area contributed by atoms with Gasteiger partial charge in [-0.2, -0.15) is 0 Å². The highest BCUT2D eigenvalue weighted by Crippen LogP contribution is 2.23. The van der Waals surface area contributed by atoms with E-state index in [0.29, 0.717) is 16.3 Å². The molecule has 1 atom stereocenters. The van der Waals surface area contributed by atoms with Crippen LogP contribution < -0.4 is 5.32 Å². The van der Waals surface area contributed by atoms with Gasteiger partial charge < -0.3 is 9.73 Å². The molecule has 3 aromatic rings. The summed E-state index contributed by atoms with van der Waals surface area (Å²) >= 11 is 5.85. The molecule has 0 unspecified atom stereocenters. The van der Waals surface area contributed by atoms with Crippen molar-refractivity contribution >= 4 is 17.5 Å². The van der Waals surface area contributed by atoms with E-state index < -0.39 is 0 Å². The molecule has 1 N–H and O–H groups in total. The average Bonchev–Trinajstić information content (AvgIpc) is 3.08. The molecule has 1 amide bonds. The predicted octanol–water partition coefficient (Wildman–Crippen LogP) is 4.45. The van der Waals surface area contributed by atoms with Gasteiger partial charge in [0.25, 0.3) is 5.91 Å². The number of hydrogen-bond donors (Lipinski definition) is 1. The van der Waals surface area contributed by atoms with Gasteiger partial charge in [-0.15, -0.1) is 0 Å². The Kier molecular flexibility index (Phi) is 4.26. The molecule has 0 aliphatic rings. The minimum atomic E-state index is -0.334. The topological polar surface area (TPSA) is 42.2 Å². The molecule has 110 valence electrons. The van der Waals surface area contributed by atoms with Crippen molar-refractivity contribution in [3.8, 4) is 0 Å². The normalized spacial score (nSPS) is 11.9. The van der Waals surface area contributed by atoms with Crippen LogP contribution in [0.25, 0.3) is 0 Å². The summed E-state index contributed by atoms with van der Waals surface area (Å²) in [5.41, 5.74) is 1.51. The van der Waals surface area contributed by atoms with Crippen LogP contribution in [0.4, 0.5) is 0 Å². The van der Waals surface area contributed by atoms with E-state index >= 15 is 0 Å². The second-order valence-corrected chi connectivity index (χ2v) is 5.28. The number of benzene rings is 2. The minimum absolute atomic E-state index is 0.179. The van der Waals surface area contributed by atoms with Gasteiger partial charge in [0.05, 0.1) is 6.26 Å². The van der Waals surface area contributed by atoms with Crippen molar-refractivity contribution in [2.24, 2.45) is 0 Å². The van der Waals surface area contributed by atoms with Crippen molar-refractivity contribution in [2.45, 2.75) is 6.04 Å². The molecule has 0 saturated heterocycles. The Morgan fingerprint density at radius 3 is 2.32 bits per heavy atom. The lowest BCUT2D eigenvalue weighted by atomic mass is 10.0. The highest BCUT2D eigenvalue weighted by atomic mass is 35.5. The van der Waals surface area contributed by atoms with Crippen LogP contribution in [0.1, 0.15) is 27.7 Å². The molecule has 3 rings (SSSR count). The zero-order chi connectivity index (χ0) is 15.4. The lowest BCUT2D eigenvalue weighted by Crippen LogP contribution is -2.29.